The smallest absolute Gasteiger partial charge is 0.282 e. The summed E-state index contributed by atoms with van der Waals surface area (Å²) in [7, 11) is 1.68. The van der Waals surface area contributed by atoms with Gasteiger partial charge in [-0.25, -0.2) is 0 Å². The van der Waals surface area contributed by atoms with Gasteiger partial charge in [0.2, 0.25) is 0 Å². The average Bonchev–Trinajstić information content (AvgIpc) is 2.48. The van der Waals surface area contributed by atoms with Gasteiger partial charge in [-0.1, -0.05) is 12.1 Å². The molecule has 0 saturated heterocycles. The van der Waals surface area contributed by atoms with Crippen molar-refractivity contribution in [3.8, 4) is 0 Å². The van der Waals surface area contributed by atoms with Gasteiger partial charge in [-0.05, 0) is 40.2 Å². The molecule has 1 amide bonds. The summed E-state index contributed by atoms with van der Waals surface area (Å²) >= 11 is 3.31. The van der Waals surface area contributed by atoms with Gasteiger partial charge >= 0.3 is 0 Å². The highest BCUT2D eigenvalue weighted by Crippen LogP contribution is 2.26. The standard InChI is InChI=1S/C14H12BrN3O3/c1-16-9-6-7-13(18(20)21)10(8-9)14(19)17-12-5-3-2-4-11(12)15/h2-8,16H,1H3,(H,17,19). The van der Waals surface area contributed by atoms with Gasteiger partial charge in [0.25, 0.3) is 11.6 Å². The van der Waals surface area contributed by atoms with E-state index in [1.807, 2.05) is 6.07 Å². The molecule has 0 bridgehead atoms. The zero-order chi connectivity index (χ0) is 15.4. The Bertz CT molecular complexity index is 704. The lowest BCUT2D eigenvalue weighted by molar-refractivity contribution is -0.385. The van der Waals surface area contributed by atoms with Crippen LogP contribution in [0.4, 0.5) is 17.1 Å². The number of nitro benzene ring substituents is 1. The van der Waals surface area contributed by atoms with Gasteiger partial charge in [-0.15, -0.1) is 0 Å². The zero-order valence-electron chi connectivity index (χ0n) is 11.1. The van der Waals surface area contributed by atoms with E-state index in [-0.39, 0.29) is 11.3 Å². The second kappa shape index (κ2) is 6.36. The van der Waals surface area contributed by atoms with Crippen molar-refractivity contribution < 1.29 is 9.72 Å². The summed E-state index contributed by atoms with van der Waals surface area (Å²) in [6, 6.07) is 11.4. The van der Waals surface area contributed by atoms with Crippen molar-refractivity contribution >= 4 is 38.9 Å². The lowest BCUT2D eigenvalue weighted by Crippen LogP contribution is -2.14. The molecule has 6 nitrogen and oxygen atoms in total. The number of nitrogens with zero attached hydrogens (tertiary/aromatic N) is 1. The molecule has 2 aromatic carbocycles. The fourth-order valence-electron chi connectivity index (χ4n) is 1.78. The van der Waals surface area contributed by atoms with E-state index in [0.29, 0.717) is 15.8 Å². The molecule has 2 rings (SSSR count). The van der Waals surface area contributed by atoms with E-state index in [2.05, 4.69) is 26.6 Å². The second-order valence-electron chi connectivity index (χ2n) is 4.17. The van der Waals surface area contributed by atoms with Crippen molar-refractivity contribution in [1.82, 2.24) is 0 Å². The molecule has 0 radical (unpaired) electrons. The van der Waals surface area contributed by atoms with E-state index in [1.165, 1.54) is 12.1 Å². The van der Waals surface area contributed by atoms with Crippen LogP contribution in [0.15, 0.2) is 46.9 Å². The number of para-hydroxylation sites is 1. The Morgan fingerprint density at radius 3 is 2.57 bits per heavy atom. The van der Waals surface area contributed by atoms with E-state index in [4.69, 9.17) is 0 Å². The fourth-order valence-corrected chi connectivity index (χ4v) is 2.17. The van der Waals surface area contributed by atoms with Crippen LogP contribution >= 0.6 is 15.9 Å². The Morgan fingerprint density at radius 2 is 1.95 bits per heavy atom. The normalized spacial score (nSPS) is 10.0. The minimum Gasteiger partial charge on any atom is -0.388 e. The molecular weight excluding hydrogens is 338 g/mol. The van der Waals surface area contributed by atoms with Crippen molar-refractivity contribution in [3.63, 3.8) is 0 Å². The Kier molecular flexibility index (Phi) is 4.54. The van der Waals surface area contributed by atoms with E-state index in [9.17, 15) is 14.9 Å². The first-order chi connectivity index (χ1) is 10.0. The number of hydrogen-bond donors (Lipinski definition) is 2. The summed E-state index contributed by atoms with van der Waals surface area (Å²) in [6.45, 7) is 0. The number of benzene rings is 2. The van der Waals surface area contributed by atoms with E-state index >= 15 is 0 Å². The number of halogens is 1. The molecule has 0 atom stereocenters. The van der Waals surface area contributed by atoms with Crippen LogP contribution in [-0.2, 0) is 0 Å². The molecule has 7 heteroatoms. The second-order valence-corrected chi connectivity index (χ2v) is 5.03. The Balaban J connectivity index is 2.38. The summed E-state index contributed by atoms with van der Waals surface area (Å²) < 4.78 is 0.700. The number of carbonyl (C=O) groups is 1. The molecule has 0 fully saturated rings. The van der Waals surface area contributed by atoms with Gasteiger partial charge in [0, 0.05) is 23.3 Å². The predicted octanol–water partition coefficient (Wildman–Crippen LogP) is 3.65. The van der Waals surface area contributed by atoms with Crippen LogP contribution in [0.25, 0.3) is 0 Å². The summed E-state index contributed by atoms with van der Waals surface area (Å²) in [4.78, 5) is 22.8. The quantitative estimate of drug-likeness (QED) is 0.651. The highest BCUT2D eigenvalue weighted by atomic mass is 79.9. The molecule has 2 aromatic rings. The van der Waals surface area contributed by atoms with Crippen LogP contribution in [0.2, 0.25) is 0 Å². The molecule has 0 unspecified atom stereocenters. The molecule has 0 heterocycles. The predicted molar refractivity (Wildman–Crippen MR) is 84.7 cm³/mol. The van der Waals surface area contributed by atoms with Gasteiger partial charge in [0.1, 0.15) is 5.56 Å². The third kappa shape index (κ3) is 3.38. The van der Waals surface area contributed by atoms with Crippen LogP contribution in [0.5, 0.6) is 0 Å². The van der Waals surface area contributed by atoms with Crippen LogP contribution in [0.1, 0.15) is 10.4 Å². The summed E-state index contributed by atoms with van der Waals surface area (Å²) in [6.07, 6.45) is 0. The molecule has 0 aliphatic rings. The number of carbonyl (C=O) groups excluding carboxylic acids is 1. The Morgan fingerprint density at radius 1 is 1.24 bits per heavy atom. The van der Waals surface area contributed by atoms with Crippen LogP contribution in [0.3, 0.4) is 0 Å². The molecule has 0 aliphatic heterocycles. The molecule has 108 valence electrons. The van der Waals surface area contributed by atoms with Crippen molar-refractivity contribution in [2.24, 2.45) is 0 Å². The molecule has 0 saturated carbocycles. The van der Waals surface area contributed by atoms with Crippen molar-refractivity contribution in [3.05, 3.63) is 62.6 Å². The molecule has 21 heavy (non-hydrogen) atoms. The van der Waals surface area contributed by atoms with Crippen molar-refractivity contribution in [1.29, 1.82) is 0 Å². The maximum Gasteiger partial charge on any atom is 0.282 e. The maximum atomic E-state index is 12.3. The first-order valence-electron chi connectivity index (χ1n) is 6.05. The Hall–Kier alpha value is -2.41. The number of amides is 1. The van der Waals surface area contributed by atoms with E-state index < -0.39 is 10.8 Å². The maximum absolute atomic E-state index is 12.3. The number of nitro groups is 1. The zero-order valence-corrected chi connectivity index (χ0v) is 12.7. The number of anilines is 2. The Labute approximate surface area is 129 Å². The summed E-state index contributed by atoms with van der Waals surface area (Å²) in [5.74, 6) is -0.536. The number of nitrogens with one attached hydrogen (secondary N) is 2. The molecule has 0 aliphatic carbocycles. The fraction of sp³-hybridized carbons (Fsp3) is 0.0714. The number of hydrogen-bond acceptors (Lipinski definition) is 4. The highest BCUT2D eigenvalue weighted by Gasteiger charge is 2.21. The minimum atomic E-state index is -0.575. The minimum absolute atomic E-state index is 0.00241. The monoisotopic (exact) mass is 349 g/mol. The largest absolute Gasteiger partial charge is 0.388 e. The molecular formula is C14H12BrN3O3. The van der Waals surface area contributed by atoms with Crippen molar-refractivity contribution in [2.45, 2.75) is 0 Å². The van der Waals surface area contributed by atoms with E-state index in [1.54, 1.807) is 31.3 Å². The first kappa shape index (κ1) is 15.0. The lowest BCUT2D eigenvalue weighted by atomic mass is 10.1. The third-order valence-electron chi connectivity index (χ3n) is 2.85. The van der Waals surface area contributed by atoms with Crippen LogP contribution < -0.4 is 10.6 Å². The molecule has 2 N–H and O–H groups in total. The average molecular weight is 350 g/mol. The SMILES string of the molecule is CNc1ccc([N+](=O)[O-])c(C(=O)Nc2ccccc2Br)c1. The van der Waals surface area contributed by atoms with E-state index in [0.717, 1.165) is 0 Å². The van der Waals surface area contributed by atoms with Gasteiger partial charge < -0.3 is 10.6 Å². The highest BCUT2D eigenvalue weighted by molar-refractivity contribution is 9.10. The van der Waals surface area contributed by atoms with Crippen LogP contribution in [-0.4, -0.2) is 17.9 Å². The topological polar surface area (TPSA) is 84.3 Å². The number of rotatable bonds is 4. The summed E-state index contributed by atoms with van der Waals surface area (Å²) in [5.41, 5.74) is 0.936. The lowest BCUT2D eigenvalue weighted by Gasteiger charge is -2.09. The van der Waals surface area contributed by atoms with Gasteiger partial charge in [0.05, 0.1) is 10.6 Å². The van der Waals surface area contributed by atoms with Crippen LogP contribution in [0, 0.1) is 10.1 Å². The van der Waals surface area contributed by atoms with Crippen molar-refractivity contribution in [2.75, 3.05) is 17.7 Å². The molecule has 0 aromatic heterocycles. The third-order valence-corrected chi connectivity index (χ3v) is 3.54. The van der Waals surface area contributed by atoms with Gasteiger partial charge in [0.15, 0.2) is 0 Å². The molecule has 0 spiro atoms. The van der Waals surface area contributed by atoms with Gasteiger partial charge in [-0.3, -0.25) is 14.9 Å². The summed E-state index contributed by atoms with van der Waals surface area (Å²) in [5, 5.41) is 16.5. The van der Waals surface area contributed by atoms with Gasteiger partial charge in [-0.2, -0.15) is 0 Å². The first-order valence-corrected chi connectivity index (χ1v) is 6.84.